The fourth-order valence-electron chi connectivity index (χ4n) is 2.72. The molecular weight excluding hydrogens is 294 g/mol. The third-order valence-electron chi connectivity index (χ3n) is 4.06. The quantitative estimate of drug-likeness (QED) is 0.913. The van der Waals surface area contributed by atoms with Crippen LogP contribution in [0.15, 0.2) is 47.5 Å². The van der Waals surface area contributed by atoms with E-state index in [9.17, 15) is 14.7 Å². The van der Waals surface area contributed by atoms with E-state index in [1.165, 1.54) is 17.0 Å². The Morgan fingerprint density at radius 1 is 1.35 bits per heavy atom. The summed E-state index contributed by atoms with van der Waals surface area (Å²) >= 11 is 0. The van der Waals surface area contributed by atoms with Crippen LogP contribution in [-0.4, -0.2) is 44.2 Å². The first-order chi connectivity index (χ1) is 10.9. The van der Waals surface area contributed by atoms with Gasteiger partial charge in [-0.25, -0.2) is 4.98 Å². The van der Waals surface area contributed by atoms with Crippen LogP contribution < -0.4 is 5.56 Å². The normalized spacial score (nSPS) is 20.7. The number of β-amino-alcohol motifs (C(OH)–C–C–N with tert-alkyl or cyclic N) is 1. The van der Waals surface area contributed by atoms with Crippen molar-refractivity contribution in [2.45, 2.75) is 25.5 Å². The van der Waals surface area contributed by atoms with Gasteiger partial charge >= 0.3 is 0 Å². The molecule has 6 nitrogen and oxygen atoms in total. The highest BCUT2D eigenvalue weighted by molar-refractivity contribution is 5.76. The van der Waals surface area contributed by atoms with Crippen LogP contribution in [0.3, 0.4) is 0 Å². The van der Waals surface area contributed by atoms with Crippen molar-refractivity contribution in [2.75, 3.05) is 13.1 Å². The molecule has 3 rings (SSSR count). The number of nitrogens with zero attached hydrogens (tertiary/aromatic N) is 3. The third-order valence-corrected chi connectivity index (χ3v) is 4.06. The third kappa shape index (κ3) is 3.48. The van der Waals surface area contributed by atoms with Gasteiger partial charge in [-0.1, -0.05) is 30.3 Å². The van der Waals surface area contributed by atoms with Crippen molar-refractivity contribution in [3.8, 4) is 11.3 Å². The first-order valence-corrected chi connectivity index (χ1v) is 7.57. The van der Waals surface area contributed by atoms with Gasteiger partial charge in [0.25, 0.3) is 5.56 Å². The summed E-state index contributed by atoms with van der Waals surface area (Å²) in [5, 5.41) is 9.92. The molecule has 120 valence electrons. The number of carbonyl (C=O) groups is 1. The Labute approximate surface area is 134 Å². The number of aliphatic hydroxyl groups is 1. The SMILES string of the molecule is CC1(O)CCN(C(=O)Cn2cnc(-c3ccccc3)cc2=O)C1. The van der Waals surface area contributed by atoms with Crippen molar-refractivity contribution in [3.63, 3.8) is 0 Å². The molecule has 0 radical (unpaired) electrons. The minimum atomic E-state index is -0.837. The zero-order valence-corrected chi connectivity index (χ0v) is 13.0. The van der Waals surface area contributed by atoms with E-state index in [1.54, 1.807) is 11.8 Å². The molecule has 0 saturated carbocycles. The molecule has 2 aromatic rings. The van der Waals surface area contributed by atoms with Gasteiger partial charge in [0, 0.05) is 24.7 Å². The zero-order chi connectivity index (χ0) is 16.4. The van der Waals surface area contributed by atoms with Crippen LogP contribution in [0.2, 0.25) is 0 Å². The lowest BCUT2D eigenvalue weighted by atomic mass is 10.1. The predicted octanol–water partition coefficient (Wildman–Crippen LogP) is 0.894. The van der Waals surface area contributed by atoms with Crippen LogP contribution in [0.1, 0.15) is 13.3 Å². The van der Waals surface area contributed by atoms with Gasteiger partial charge < -0.3 is 10.0 Å². The van der Waals surface area contributed by atoms with Gasteiger partial charge in [0.2, 0.25) is 5.91 Å². The molecular formula is C17H19N3O3. The van der Waals surface area contributed by atoms with Crippen molar-refractivity contribution < 1.29 is 9.90 Å². The van der Waals surface area contributed by atoms with Crippen molar-refractivity contribution in [1.29, 1.82) is 0 Å². The Morgan fingerprint density at radius 2 is 2.09 bits per heavy atom. The van der Waals surface area contributed by atoms with Crippen LogP contribution in [0.4, 0.5) is 0 Å². The standard InChI is InChI=1S/C17H19N3O3/c1-17(23)7-8-19(11-17)16(22)10-20-12-18-14(9-15(20)21)13-5-3-2-4-6-13/h2-6,9,12,23H,7-8,10-11H2,1H3. The second kappa shape index (κ2) is 5.96. The zero-order valence-electron chi connectivity index (χ0n) is 13.0. The minimum Gasteiger partial charge on any atom is -0.388 e. The van der Waals surface area contributed by atoms with E-state index in [-0.39, 0.29) is 18.0 Å². The molecule has 23 heavy (non-hydrogen) atoms. The molecule has 0 spiro atoms. The Balaban J connectivity index is 1.74. The van der Waals surface area contributed by atoms with E-state index in [1.807, 2.05) is 30.3 Å². The molecule has 1 aromatic heterocycles. The predicted molar refractivity (Wildman–Crippen MR) is 85.8 cm³/mol. The second-order valence-electron chi connectivity index (χ2n) is 6.17. The lowest BCUT2D eigenvalue weighted by molar-refractivity contribution is -0.131. The van der Waals surface area contributed by atoms with E-state index in [4.69, 9.17) is 0 Å². The number of carbonyl (C=O) groups excluding carboxylic acids is 1. The van der Waals surface area contributed by atoms with Crippen LogP contribution in [0.25, 0.3) is 11.3 Å². The van der Waals surface area contributed by atoms with Gasteiger partial charge in [-0.2, -0.15) is 0 Å². The maximum Gasteiger partial charge on any atom is 0.254 e. The molecule has 6 heteroatoms. The molecule has 0 aliphatic carbocycles. The molecule has 0 bridgehead atoms. The van der Waals surface area contributed by atoms with Crippen molar-refractivity contribution in [3.05, 3.63) is 53.1 Å². The second-order valence-corrected chi connectivity index (χ2v) is 6.17. The van der Waals surface area contributed by atoms with Gasteiger partial charge in [-0.3, -0.25) is 14.2 Å². The molecule has 1 amide bonds. The highest BCUT2D eigenvalue weighted by Gasteiger charge is 2.33. The van der Waals surface area contributed by atoms with E-state index < -0.39 is 5.60 Å². The number of rotatable bonds is 3. The van der Waals surface area contributed by atoms with Gasteiger partial charge in [0.15, 0.2) is 0 Å². The number of amides is 1. The summed E-state index contributed by atoms with van der Waals surface area (Å²) in [5.41, 5.74) is 0.344. The Morgan fingerprint density at radius 3 is 2.70 bits per heavy atom. The number of hydrogen-bond donors (Lipinski definition) is 1. The summed E-state index contributed by atoms with van der Waals surface area (Å²) in [4.78, 5) is 30.3. The number of benzene rings is 1. The molecule has 1 aliphatic rings. The van der Waals surface area contributed by atoms with E-state index >= 15 is 0 Å². The van der Waals surface area contributed by atoms with E-state index in [2.05, 4.69) is 4.98 Å². The largest absolute Gasteiger partial charge is 0.388 e. The van der Waals surface area contributed by atoms with Crippen molar-refractivity contribution >= 4 is 5.91 Å². The van der Waals surface area contributed by atoms with Gasteiger partial charge in [0.05, 0.1) is 17.6 Å². The van der Waals surface area contributed by atoms with Crippen LogP contribution in [0, 0.1) is 0 Å². The number of aromatic nitrogens is 2. The number of hydrogen-bond acceptors (Lipinski definition) is 4. The molecule has 1 saturated heterocycles. The summed E-state index contributed by atoms with van der Waals surface area (Å²) in [6, 6.07) is 10.8. The van der Waals surface area contributed by atoms with E-state index in [0.717, 1.165) is 5.56 Å². The summed E-state index contributed by atoms with van der Waals surface area (Å²) in [7, 11) is 0. The van der Waals surface area contributed by atoms with E-state index in [0.29, 0.717) is 25.2 Å². The molecule has 1 unspecified atom stereocenters. The molecule has 1 aliphatic heterocycles. The molecule has 1 atom stereocenters. The van der Waals surface area contributed by atoms with Crippen LogP contribution >= 0.6 is 0 Å². The lowest BCUT2D eigenvalue weighted by Crippen LogP contribution is -2.37. The monoisotopic (exact) mass is 313 g/mol. The fraction of sp³-hybridized carbons (Fsp3) is 0.353. The molecule has 1 fully saturated rings. The molecule has 1 aromatic carbocycles. The Hall–Kier alpha value is -2.47. The van der Waals surface area contributed by atoms with Crippen molar-refractivity contribution in [2.24, 2.45) is 0 Å². The van der Waals surface area contributed by atoms with Crippen LogP contribution in [-0.2, 0) is 11.3 Å². The van der Waals surface area contributed by atoms with Crippen molar-refractivity contribution in [1.82, 2.24) is 14.5 Å². The lowest BCUT2D eigenvalue weighted by Gasteiger charge is -2.19. The average Bonchev–Trinajstić information content (AvgIpc) is 2.90. The first-order valence-electron chi connectivity index (χ1n) is 7.57. The highest BCUT2D eigenvalue weighted by atomic mass is 16.3. The van der Waals surface area contributed by atoms with Crippen LogP contribution in [0.5, 0.6) is 0 Å². The summed E-state index contributed by atoms with van der Waals surface area (Å²) in [6.07, 6.45) is 1.95. The number of likely N-dealkylation sites (tertiary alicyclic amines) is 1. The highest BCUT2D eigenvalue weighted by Crippen LogP contribution is 2.20. The molecule has 2 heterocycles. The summed E-state index contributed by atoms with van der Waals surface area (Å²) in [6.45, 7) is 2.46. The molecule has 1 N–H and O–H groups in total. The maximum atomic E-state index is 12.2. The Bertz CT molecular complexity index is 768. The van der Waals surface area contributed by atoms with Gasteiger partial charge in [0.1, 0.15) is 6.54 Å². The first kappa shape index (κ1) is 15.4. The average molecular weight is 313 g/mol. The smallest absolute Gasteiger partial charge is 0.254 e. The van der Waals surface area contributed by atoms with Gasteiger partial charge in [-0.05, 0) is 13.3 Å². The topological polar surface area (TPSA) is 75.4 Å². The maximum absolute atomic E-state index is 12.2. The summed E-state index contributed by atoms with van der Waals surface area (Å²) in [5.74, 6) is -0.181. The minimum absolute atomic E-state index is 0.0585. The van der Waals surface area contributed by atoms with Gasteiger partial charge in [-0.15, -0.1) is 0 Å². The fourth-order valence-corrected chi connectivity index (χ4v) is 2.72. The summed E-state index contributed by atoms with van der Waals surface area (Å²) < 4.78 is 1.29. The Kier molecular flexibility index (Phi) is 4.00.